The Morgan fingerprint density at radius 3 is 2.20 bits per heavy atom. The monoisotopic (exact) mass is 158 g/mol. The van der Waals surface area contributed by atoms with Crippen LogP contribution in [-0.4, -0.2) is 10.5 Å². The van der Waals surface area contributed by atoms with Gasteiger partial charge in [0.1, 0.15) is 5.82 Å². The van der Waals surface area contributed by atoms with E-state index in [1.165, 1.54) is 24.3 Å². The third-order valence-electron chi connectivity index (χ3n) is 1.15. The van der Waals surface area contributed by atoms with Crippen LogP contribution in [0.4, 0.5) is 4.39 Å². The molecule has 0 heterocycles. The molecule has 0 saturated heterocycles. The van der Waals surface area contributed by atoms with Gasteiger partial charge in [-0.2, -0.15) is 0 Å². The van der Waals surface area contributed by atoms with E-state index < -0.39 is 10.8 Å². The molecule has 3 heteroatoms. The van der Waals surface area contributed by atoms with Crippen molar-refractivity contribution in [3.05, 3.63) is 30.1 Å². The Morgan fingerprint density at radius 2 is 1.80 bits per heavy atom. The van der Waals surface area contributed by atoms with Gasteiger partial charge in [0.15, 0.2) is 0 Å². The highest BCUT2D eigenvalue weighted by molar-refractivity contribution is 7.84. The van der Waals surface area contributed by atoms with E-state index >= 15 is 0 Å². The molecule has 1 aromatic carbocycles. The maximum Gasteiger partial charge on any atom is 0.123 e. The van der Waals surface area contributed by atoms with E-state index in [-0.39, 0.29) is 5.82 Å². The first kappa shape index (κ1) is 7.41. The van der Waals surface area contributed by atoms with Gasteiger partial charge in [0.25, 0.3) is 0 Å². The summed E-state index contributed by atoms with van der Waals surface area (Å²) in [6.45, 7) is 0. The number of hydrogen-bond acceptors (Lipinski definition) is 1. The van der Waals surface area contributed by atoms with Crippen LogP contribution in [0.25, 0.3) is 0 Å². The molecule has 0 N–H and O–H groups in total. The zero-order chi connectivity index (χ0) is 7.56. The normalized spacial score (nSPS) is 13.0. The van der Waals surface area contributed by atoms with E-state index in [0.29, 0.717) is 4.90 Å². The fourth-order valence-electron chi connectivity index (χ4n) is 0.626. The predicted molar refractivity (Wildman–Crippen MR) is 38.7 cm³/mol. The molecule has 0 unspecified atom stereocenters. The van der Waals surface area contributed by atoms with Crippen molar-refractivity contribution < 1.29 is 8.60 Å². The second kappa shape index (κ2) is 2.92. The third-order valence-corrected chi connectivity index (χ3v) is 2.08. The SMILES string of the molecule is C[S@](=O)c1ccc(F)cc1. The van der Waals surface area contributed by atoms with Crippen LogP contribution < -0.4 is 0 Å². The van der Waals surface area contributed by atoms with Crippen molar-refractivity contribution in [2.75, 3.05) is 6.26 Å². The van der Waals surface area contributed by atoms with Crippen LogP contribution >= 0.6 is 0 Å². The van der Waals surface area contributed by atoms with Crippen LogP contribution in [0.5, 0.6) is 0 Å². The number of halogens is 1. The molecule has 0 amide bonds. The smallest absolute Gasteiger partial charge is 0.123 e. The van der Waals surface area contributed by atoms with Gasteiger partial charge in [-0.3, -0.25) is 4.21 Å². The van der Waals surface area contributed by atoms with Gasteiger partial charge < -0.3 is 0 Å². The molecule has 10 heavy (non-hydrogen) atoms. The summed E-state index contributed by atoms with van der Waals surface area (Å²) < 4.78 is 23.0. The summed E-state index contributed by atoms with van der Waals surface area (Å²) in [5.41, 5.74) is 0. The van der Waals surface area contributed by atoms with Gasteiger partial charge in [-0.15, -0.1) is 0 Å². The van der Waals surface area contributed by atoms with Crippen LogP contribution in [0.2, 0.25) is 0 Å². The van der Waals surface area contributed by atoms with E-state index in [2.05, 4.69) is 0 Å². The second-order valence-electron chi connectivity index (χ2n) is 1.91. The van der Waals surface area contributed by atoms with E-state index in [1.807, 2.05) is 0 Å². The van der Waals surface area contributed by atoms with E-state index in [9.17, 15) is 8.60 Å². The molecule has 1 rings (SSSR count). The number of rotatable bonds is 1. The minimum Gasteiger partial charge on any atom is -0.255 e. The fourth-order valence-corrected chi connectivity index (χ4v) is 1.15. The summed E-state index contributed by atoms with van der Waals surface area (Å²) >= 11 is 0. The summed E-state index contributed by atoms with van der Waals surface area (Å²) in [6.07, 6.45) is 1.56. The largest absolute Gasteiger partial charge is 0.255 e. The second-order valence-corrected chi connectivity index (χ2v) is 3.29. The van der Waals surface area contributed by atoms with Gasteiger partial charge in [0.2, 0.25) is 0 Å². The number of hydrogen-bond donors (Lipinski definition) is 0. The molecule has 0 radical (unpaired) electrons. The van der Waals surface area contributed by atoms with Crippen molar-refractivity contribution in [2.24, 2.45) is 0 Å². The summed E-state index contributed by atoms with van der Waals surface area (Å²) in [5, 5.41) is 0. The summed E-state index contributed by atoms with van der Waals surface area (Å²) in [7, 11) is -1.00. The Labute approximate surface area is 61.3 Å². The molecule has 0 aliphatic rings. The lowest BCUT2D eigenvalue weighted by molar-refractivity contribution is 0.626. The lowest BCUT2D eigenvalue weighted by Gasteiger charge is -1.92. The molecule has 0 saturated carbocycles. The van der Waals surface area contributed by atoms with Crippen molar-refractivity contribution in [3.8, 4) is 0 Å². The van der Waals surface area contributed by atoms with Gasteiger partial charge in [-0.1, -0.05) is 0 Å². The molecule has 1 aromatic rings. The highest BCUT2D eigenvalue weighted by atomic mass is 32.2. The van der Waals surface area contributed by atoms with Crippen molar-refractivity contribution in [2.45, 2.75) is 4.90 Å². The van der Waals surface area contributed by atoms with Crippen LogP contribution in [0, 0.1) is 5.82 Å². The summed E-state index contributed by atoms with van der Waals surface area (Å²) in [6, 6.07) is 5.64. The molecule has 0 fully saturated rings. The molecule has 0 aromatic heterocycles. The van der Waals surface area contributed by atoms with Crippen molar-refractivity contribution in [1.82, 2.24) is 0 Å². The molecule has 1 atom stereocenters. The minimum atomic E-state index is -1.00. The lowest BCUT2D eigenvalue weighted by Crippen LogP contribution is -1.85. The Kier molecular flexibility index (Phi) is 2.17. The lowest BCUT2D eigenvalue weighted by atomic mass is 10.4. The average Bonchev–Trinajstić information content (AvgIpc) is 1.88. The standard InChI is InChI=1S/C7H7FOS/c1-10(9)7-4-2-6(8)3-5-7/h2-5H,1H3/t10-/m0/s1. The first-order valence-corrected chi connectivity index (χ1v) is 4.35. The zero-order valence-electron chi connectivity index (χ0n) is 5.50. The topological polar surface area (TPSA) is 17.1 Å². The van der Waals surface area contributed by atoms with Crippen LogP contribution in [0.15, 0.2) is 29.2 Å². The number of benzene rings is 1. The molecule has 0 aliphatic heterocycles. The van der Waals surface area contributed by atoms with Gasteiger partial charge in [0.05, 0.1) is 0 Å². The summed E-state index contributed by atoms with van der Waals surface area (Å²) in [5.74, 6) is -0.297. The first-order chi connectivity index (χ1) is 4.70. The van der Waals surface area contributed by atoms with Gasteiger partial charge >= 0.3 is 0 Å². The average molecular weight is 158 g/mol. The van der Waals surface area contributed by atoms with Gasteiger partial charge in [0, 0.05) is 22.0 Å². The van der Waals surface area contributed by atoms with E-state index in [0.717, 1.165) is 0 Å². The third kappa shape index (κ3) is 1.64. The molecular weight excluding hydrogens is 151 g/mol. The first-order valence-electron chi connectivity index (χ1n) is 2.79. The molecule has 0 spiro atoms. The Bertz CT molecular complexity index is 242. The zero-order valence-corrected chi connectivity index (χ0v) is 6.32. The highest BCUT2D eigenvalue weighted by Gasteiger charge is 1.95. The fraction of sp³-hybridized carbons (Fsp3) is 0.143. The molecular formula is C7H7FOS. The van der Waals surface area contributed by atoms with Gasteiger partial charge in [-0.25, -0.2) is 4.39 Å². The Hall–Kier alpha value is -0.700. The van der Waals surface area contributed by atoms with Crippen LogP contribution in [-0.2, 0) is 10.8 Å². The van der Waals surface area contributed by atoms with Crippen molar-refractivity contribution >= 4 is 10.8 Å². The molecule has 54 valence electrons. The van der Waals surface area contributed by atoms with Crippen molar-refractivity contribution in [3.63, 3.8) is 0 Å². The highest BCUT2D eigenvalue weighted by Crippen LogP contribution is 2.05. The van der Waals surface area contributed by atoms with Crippen LogP contribution in [0.1, 0.15) is 0 Å². The Morgan fingerprint density at radius 1 is 1.30 bits per heavy atom. The van der Waals surface area contributed by atoms with E-state index in [4.69, 9.17) is 0 Å². The van der Waals surface area contributed by atoms with Crippen LogP contribution in [0.3, 0.4) is 0 Å². The van der Waals surface area contributed by atoms with E-state index in [1.54, 1.807) is 6.26 Å². The minimum absolute atomic E-state index is 0.297. The molecule has 1 nitrogen and oxygen atoms in total. The summed E-state index contributed by atoms with van der Waals surface area (Å²) in [4.78, 5) is 0.654. The van der Waals surface area contributed by atoms with Gasteiger partial charge in [-0.05, 0) is 24.3 Å². The molecule has 0 aliphatic carbocycles. The maximum absolute atomic E-state index is 12.3. The molecule has 0 bridgehead atoms. The quantitative estimate of drug-likeness (QED) is 0.606. The van der Waals surface area contributed by atoms with Crippen molar-refractivity contribution in [1.29, 1.82) is 0 Å². The maximum atomic E-state index is 12.3. The predicted octanol–water partition coefficient (Wildman–Crippen LogP) is 1.56. The Balaban J connectivity index is 3.00.